The Morgan fingerprint density at radius 3 is 2.42 bits per heavy atom. The first-order valence-corrected chi connectivity index (χ1v) is 8.89. The minimum atomic E-state index is -3.51. The van der Waals surface area contributed by atoms with Gasteiger partial charge in [0.05, 0.1) is 4.90 Å². The fourth-order valence-corrected chi connectivity index (χ4v) is 2.97. The number of nitrogens with one attached hydrogen (secondary N) is 1. The van der Waals surface area contributed by atoms with Gasteiger partial charge in [0.1, 0.15) is 0 Å². The van der Waals surface area contributed by atoms with E-state index in [-0.39, 0.29) is 22.5 Å². The maximum atomic E-state index is 12.1. The number of anilines is 1. The number of hydrogen-bond acceptors (Lipinski definition) is 7. The molecule has 26 heavy (non-hydrogen) atoms. The molecule has 0 saturated carbocycles. The third-order valence-electron chi connectivity index (χ3n) is 3.47. The third kappa shape index (κ3) is 3.48. The Labute approximate surface area is 149 Å². The Kier molecular flexibility index (Phi) is 4.57. The monoisotopic (exact) mass is 376 g/mol. The van der Waals surface area contributed by atoms with Gasteiger partial charge in [-0.1, -0.05) is 5.10 Å². The first kappa shape index (κ1) is 17.8. The van der Waals surface area contributed by atoms with Crippen molar-refractivity contribution in [3.63, 3.8) is 0 Å². The van der Waals surface area contributed by atoms with E-state index in [0.717, 1.165) is 4.31 Å². The van der Waals surface area contributed by atoms with E-state index >= 15 is 0 Å². The molecule has 3 aromatic rings. The summed E-state index contributed by atoms with van der Waals surface area (Å²) >= 11 is 0. The molecular weight excluding hydrogens is 360 g/mol. The number of aromatic nitrogens is 4. The van der Waals surface area contributed by atoms with Crippen LogP contribution in [0.5, 0.6) is 0 Å². The summed E-state index contributed by atoms with van der Waals surface area (Å²) in [5.74, 6) is -0.330. The van der Waals surface area contributed by atoms with Crippen LogP contribution in [-0.2, 0) is 17.1 Å². The molecule has 0 saturated heterocycles. The quantitative estimate of drug-likeness (QED) is 0.704. The first-order chi connectivity index (χ1) is 12.3. The number of hydrogen-bond donors (Lipinski definition) is 1. The van der Waals surface area contributed by atoms with Gasteiger partial charge in [-0.3, -0.25) is 14.8 Å². The van der Waals surface area contributed by atoms with Gasteiger partial charge in [0.25, 0.3) is 5.91 Å². The number of sulfonamides is 1. The van der Waals surface area contributed by atoms with Gasteiger partial charge in [-0.25, -0.2) is 12.7 Å². The van der Waals surface area contributed by atoms with Gasteiger partial charge in [-0.2, -0.15) is 5.10 Å². The summed E-state index contributed by atoms with van der Waals surface area (Å²) in [6.07, 6.45) is 1.64. The number of carbonyl (C=O) groups is 1. The van der Waals surface area contributed by atoms with Crippen LogP contribution in [0.15, 0.2) is 45.8 Å². The van der Waals surface area contributed by atoms with Crippen LogP contribution >= 0.6 is 0 Å². The Balaban J connectivity index is 1.76. The lowest BCUT2D eigenvalue weighted by molar-refractivity contribution is 0.101. The summed E-state index contributed by atoms with van der Waals surface area (Å²) in [5.41, 5.74) is 0.735. The highest BCUT2D eigenvalue weighted by Crippen LogP contribution is 2.22. The van der Waals surface area contributed by atoms with Crippen molar-refractivity contribution < 1.29 is 17.6 Å². The number of aryl methyl sites for hydroxylation is 1. The van der Waals surface area contributed by atoms with Crippen molar-refractivity contribution in [1.82, 2.24) is 24.3 Å². The number of rotatable bonds is 5. The molecule has 0 bridgehead atoms. The minimum absolute atomic E-state index is 0.0827. The molecule has 3 rings (SSSR count). The molecule has 0 unspecified atom stereocenters. The molecule has 0 spiro atoms. The Bertz CT molecular complexity index is 1040. The van der Waals surface area contributed by atoms with Crippen LogP contribution in [0.25, 0.3) is 11.5 Å². The molecule has 0 fully saturated rings. The van der Waals surface area contributed by atoms with E-state index in [9.17, 15) is 13.2 Å². The predicted octanol–water partition coefficient (Wildman–Crippen LogP) is 0.973. The van der Waals surface area contributed by atoms with Crippen molar-refractivity contribution >= 4 is 21.9 Å². The maximum absolute atomic E-state index is 12.1. The van der Waals surface area contributed by atoms with E-state index < -0.39 is 15.9 Å². The Morgan fingerprint density at radius 1 is 1.15 bits per heavy atom. The summed E-state index contributed by atoms with van der Waals surface area (Å²) in [6.45, 7) is 0. The van der Waals surface area contributed by atoms with Crippen LogP contribution in [0.4, 0.5) is 6.01 Å². The Hall–Kier alpha value is -3.05. The minimum Gasteiger partial charge on any atom is -0.403 e. The summed E-state index contributed by atoms with van der Waals surface area (Å²) < 4.78 is 32.1. The molecule has 1 aromatic carbocycles. The van der Waals surface area contributed by atoms with Gasteiger partial charge in [0.15, 0.2) is 5.69 Å². The predicted molar refractivity (Wildman–Crippen MR) is 91.8 cm³/mol. The van der Waals surface area contributed by atoms with Gasteiger partial charge in [0, 0.05) is 32.9 Å². The molecule has 0 atom stereocenters. The number of nitrogens with zero attached hydrogens (tertiary/aromatic N) is 5. The molecule has 0 aliphatic rings. The van der Waals surface area contributed by atoms with E-state index in [1.807, 2.05) is 0 Å². The molecule has 0 radical (unpaired) electrons. The van der Waals surface area contributed by atoms with Crippen molar-refractivity contribution in [2.75, 3.05) is 19.4 Å². The highest BCUT2D eigenvalue weighted by atomic mass is 32.2. The van der Waals surface area contributed by atoms with E-state index in [2.05, 4.69) is 20.6 Å². The van der Waals surface area contributed by atoms with Crippen LogP contribution in [0.1, 0.15) is 10.5 Å². The summed E-state index contributed by atoms with van der Waals surface area (Å²) in [6, 6.07) is 7.46. The van der Waals surface area contributed by atoms with Gasteiger partial charge in [-0.15, -0.1) is 5.10 Å². The molecule has 10 nitrogen and oxygen atoms in total. The molecule has 1 N–H and O–H groups in total. The summed E-state index contributed by atoms with van der Waals surface area (Å²) in [5, 5.41) is 14.0. The van der Waals surface area contributed by atoms with E-state index in [1.165, 1.54) is 30.9 Å². The van der Waals surface area contributed by atoms with Gasteiger partial charge >= 0.3 is 6.01 Å². The van der Waals surface area contributed by atoms with Crippen molar-refractivity contribution in [2.24, 2.45) is 7.05 Å². The van der Waals surface area contributed by atoms with Crippen LogP contribution in [0.3, 0.4) is 0 Å². The Morgan fingerprint density at radius 2 is 1.85 bits per heavy atom. The van der Waals surface area contributed by atoms with Crippen molar-refractivity contribution in [3.8, 4) is 11.5 Å². The number of amides is 1. The zero-order valence-electron chi connectivity index (χ0n) is 14.2. The highest BCUT2D eigenvalue weighted by molar-refractivity contribution is 7.89. The third-order valence-corrected chi connectivity index (χ3v) is 5.30. The molecular formula is C15H16N6O4S. The second kappa shape index (κ2) is 6.69. The molecule has 2 heterocycles. The van der Waals surface area contributed by atoms with Gasteiger partial charge in [-0.05, 0) is 30.3 Å². The zero-order valence-corrected chi connectivity index (χ0v) is 15.1. The average molecular weight is 376 g/mol. The molecule has 0 aliphatic heterocycles. The van der Waals surface area contributed by atoms with Crippen LogP contribution in [0.2, 0.25) is 0 Å². The summed E-state index contributed by atoms with van der Waals surface area (Å²) in [7, 11) is 1.09. The van der Waals surface area contributed by atoms with Crippen molar-refractivity contribution in [3.05, 3.63) is 42.2 Å². The molecule has 2 aromatic heterocycles. The van der Waals surface area contributed by atoms with Crippen LogP contribution in [-0.4, -0.2) is 52.7 Å². The SMILES string of the molecule is CN(C)S(=O)(=O)c1ccc(-c2nnc(NC(=O)c3ccn(C)n3)o2)cc1. The largest absolute Gasteiger partial charge is 0.403 e. The molecule has 1 amide bonds. The second-order valence-corrected chi connectivity index (χ2v) is 7.70. The average Bonchev–Trinajstić information content (AvgIpc) is 3.24. The number of carbonyl (C=O) groups excluding carboxylic acids is 1. The van der Waals surface area contributed by atoms with E-state index in [1.54, 1.807) is 31.4 Å². The normalized spacial score (nSPS) is 11.7. The lowest BCUT2D eigenvalue weighted by Gasteiger charge is -2.11. The molecule has 11 heteroatoms. The smallest absolute Gasteiger partial charge is 0.322 e. The first-order valence-electron chi connectivity index (χ1n) is 7.45. The standard InChI is InChI=1S/C15H16N6O4S/c1-20(2)26(23,24)11-6-4-10(5-7-11)14-17-18-15(25-14)16-13(22)12-8-9-21(3)19-12/h4-9H,1-3H3,(H,16,18,22). The fourth-order valence-electron chi connectivity index (χ4n) is 2.07. The summed E-state index contributed by atoms with van der Waals surface area (Å²) in [4.78, 5) is 12.2. The maximum Gasteiger partial charge on any atom is 0.322 e. The van der Waals surface area contributed by atoms with Crippen LogP contribution < -0.4 is 5.32 Å². The van der Waals surface area contributed by atoms with Gasteiger partial charge < -0.3 is 4.42 Å². The van der Waals surface area contributed by atoms with E-state index in [4.69, 9.17) is 4.42 Å². The highest BCUT2D eigenvalue weighted by Gasteiger charge is 2.18. The molecule has 136 valence electrons. The van der Waals surface area contributed by atoms with Crippen molar-refractivity contribution in [1.29, 1.82) is 0 Å². The van der Waals surface area contributed by atoms with Crippen LogP contribution in [0, 0.1) is 0 Å². The zero-order chi connectivity index (χ0) is 18.9. The lowest BCUT2D eigenvalue weighted by atomic mass is 10.2. The lowest BCUT2D eigenvalue weighted by Crippen LogP contribution is -2.22. The number of benzene rings is 1. The van der Waals surface area contributed by atoms with Gasteiger partial charge in [0.2, 0.25) is 15.9 Å². The van der Waals surface area contributed by atoms with Crippen molar-refractivity contribution in [2.45, 2.75) is 4.90 Å². The second-order valence-electron chi connectivity index (χ2n) is 5.55. The molecule has 0 aliphatic carbocycles. The fraction of sp³-hybridized carbons (Fsp3) is 0.200. The van der Waals surface area contributed by atoms with E-state index in [0.29, 0.717) is 5.56 Å². The topological polar surface area (TPSA) is 123 Å².